The Balaban J connectivity index is 1.65. The molecule has 1 heterocycles. The Morgan fingerprint density at radius 1 is 0.920 bits per heavy atom. The Kier molecular flexibility index (Phi) is 4.30. The number of imide groups is 1. The first kappa shape index (κ1) is 16.4. The lowest BCUT2D eigenvalue weighted by atomic mass is 10.1. The van der Waals surface area contributed by atoms with Crippen molar-refractivity contribution >= 4 is 29.4 Å². The normalized spacial score (nSPS) is 12.9. The lowest BCUT2D eigenvalue weighted by Crippen LogP contribution is -2.37. The van der Waals surface area contributed by atoms with Gasteiger partial charge in [-0.15, -0.1) is 0 Å². The molecule has 0 atom stereocenters. The molecule has 1 N–H and O–H groups in total. The SMILES string of the molecule is O=C([O-])Cc1ccc(NC(=O)CN2C(=O)c3ccccc3C2=O)cc1. The molecule has 3 amide bonds. The molecule has 3 rings (SSSR count). The molecule has 0 fully saturated rings. The number of amides is 3. The molecule has 0 unspecified atom stereocenters. The second kappa shape index (κ2) is 6.56. The highest BCUT2D eigenvalue weighted by atomic mass is 16.4. The lowest BCUT2D eigenvalue weighted by Gasteiger charge is -2.14. The van der Waals surface area contributed by atoms with Gasteiger partial charge in [-0.2, -0.15) is 0 Å². The van der Waals surface area contributed by atoms with Gasteiger partial charge in [0.1, 0.15) is 6.54 Å². The van der Waals surface area contributed by atoms with E-state index in [1.54, 1.807) is 48.5 Å². The first-order valence-electron chi connectivity index (χ1n) is 7.49. The number of carbonyl (C=O) groups excluding carboxylic acids is 4. The second-order valence-corrected chi connectivity index (χ2v) is 5.54. The van der Waals surface area contributed by atoms with Crippen molar-refractivity contribution in [3.63, 3.8) is 0 Å². The van der Waals surface area contributed by atoms with Crippen LogP contribution in [-0.2, 0) is 16.0 Å². The maximum absolute atomic E-state index is 12.2. The molecule has 25 heavy (non-hydrogen) atoms. The van der Waals surface area contributed by atoms with Crippen molar-refractivity contribution in [3.8, 4) is 0 Å². The van der Waals surface area contributed by atoms with Crippen LogP contribution in [0.25, 0.3) is 0 Å². The van der Waals surface area contributed by atoms with Gasteiger partial charge in [0.25, 0.3) is 11.8 Å². The molecule has 0 aromatic heterocycles. The predicted molar refractivity (Wildman–Crippen MR) is 85.6 cm³/mol. The highest BCUT2D eigenvalue weighted by Crippen LogP contribution is 2.22. The summed E-state index contributed by atoms with van der Waals surface area (Å²) in [6.45, 7) is -0.396. The topological polar surface area (TPSA) is 107 Å². The minimum absolute atomic E-state index is 0.219. The first-order chi connectivity index (χ1) is 12.0. The van der Waals surface area contributed by atoms with E-state index in [9.17, 15) is 24.3 Å². The summed E-state index contributed by atoms with van der Waals surface area (Å²) in [7, 11) is 0. The summed E-state index contributed by atoms with van der Waals surface area (Å²) in [5.41, 5.74) is 1.54. The molecule has 2 aromatic rings. The molecular weight excluding hydrogens is 324 g/mol. The number of nitrogens with zero attached hydrogens (tertiary/aromatic N) is 1. The van der Waals surface area contributed by atoms with Crippen LogP contribution in [0, 0.1) is 0 Å². The molecule has 0 saturated heterocycles. The molecule has 0 aliphatic carbocycles. The van der Waals surface area contributed by atoms with E-state index in [1.165, 1.54) is 0 Å². The van der Waals surface area contributed by atoms with Crippen LogP contribution in [0.2, 0.25) is 0 Å². The van der Waals surface area contributed by atoms with Gasteiger partial charge in [0.15, 0.2) is 0 Å². The average molecular weight is 337 g/mol. The summed E-state index contributed by atoms with van der Waals surface area (Å²) < 4.78 is 0. The molecule has 2 aromatic carbocycles. The standard InChI is InChI=1S/C18H14N2O5/c21-15(19-12-7-5-11(6-8-12)9-16(22)23)10-20-17(24)13-3-1-2-4-14(13)18(20)25/h1-8H,9-10H2,(H,19,21)(H,22,23)/p-1. The molecule has 1 aliphatic rings. The maximum Gasteiger partial charge on any atom is 0.262 e. The minimum Gasteiger partial charge on any atom is -0.550 e. The summed E-state index contributed by atoms with van der Waals surface area (Å²) in [5, 5.41) is 13.1. The van der Waals surface area contributed by atoms with Gasteiger partial charge in [0.2, 0.25) is 5.91 Å². The van der Waals surface area contributed by atoms with Gasteiger partial charge in [-0.25, -0.2) is 0 Å². The summed E-state index contributed by atoms with van der Waals surface area (Å²) in [6.07, 6.45) is -0.219. The van der Waals surface area contributed by atoms with Gasteiger partial charge in [0.05, 0.1) is 11.1 Å². The minimum atomic E-state index is -1.19. The fourth-order valence-corrected chi connectivity index (χ4v) is 2.60. The Bertz CT molecular complexity index is 838. The van der Waals surface area contributed by atoms with Crippen molar-refractivity contribution < 1.29 is 24.3 Å². The van der Waals surface area contributed by atoms with Gasteiger partial charge in [-0.1, -0.05) is 24.3 Å². The maximum atomic E-state index is 12.2. The van der Waals surface area contributed by atoms with Crippen LogP contribution in [0.1, 0.15) is 26.3 Å². The Morgan fingerprint density at radius 3 is 2.00 bits per heavy atom. The molecule has 0 bridgehead atoms. The molecule has 0 saturated carbocycles. The zero-order valence-corrected chi connectivity index (χ0v) is 13.0. The third-order valence-corrected chi connectivity index (χ3v) is 3.77. The zero-order chi connectivity index (χ0) is 18.0. The monoisotopic (exact) mass is 337 g/mol. The summed E-state index contributed by atoms with van der Waals surface area (Å²) in [4.78, 5) is 47.9. The molecule has 7 nitrogen and oxygen atoms in total. The Hall–Kier alpha value is -3.48. The van der Waals surface area contributed by atoms with Crippen molar-refractivity contribution in [2.75, 3.05) is 11.9 Å². The fourth-order valence-electron chi connectivity index (χ4n) is 2.60. The molecular formula is C18H13N2O5-. The van der Waals surface area contributed by atoms with Crippen LogP contribution in [-0.4, -0.2) is 35.1 Å². The fraction of sp³-hybridized carbons (Fsp3) is 0.111. The third kappa shape index (κ3) is 3.40. The van der Waals surface area contributed by atoms with E-state index in [-0.39, 0.29) is 17.5 Å². The molecule has 126 valence electrons. The molecule has 0 radical (unpaired) electrons. The number of carboxylic acids is 1. The highest BCUT2D eigenvalue weighted by Gasteiger charge is 2.36. The van der Waals surface area contributed by atoms with Crippen molar-refractivity contribution in [2.45, 2.75) is 6.42 Å². The van der Waals surface area contributed by atoms with Gasteiger partial charge < -0.3 is 15.2 Å². The molecule has 0 spiro atoms. The quantitative estimate of drug-likeness (QED) is 0.785. The number of carboxylic acid groups (broad SMARTS) is 1. The van der Waals surface area contributed by atoms with E-state index >= 15 is 0 Å². The number of aliphatic carboxylic acids is 1. The highest BCUT2D eigenvalue weighted by molar-refractivity contribution is 6.22. The van der Waals surface area contributed by atoms with Crippen LogP contribution in [0.5, 0.6) is 0 Å². The molecule has 7 heteroatoms. The van der Waals surface area contributed by atoms with Crippen LogP contribution in [0.15, 0.2) is 48.5 Å². The van der Waals surface area contributed by atoms with Gasteiger partial charge >= 0.3 is 0 Å². The number of hydrogen-bond donors (Lipinski definition) is 1. The van der Waals surface area contributed by atoms with Gasteiger partial charge in [-0.05, 0) is 29.8 Å². The number of benzene rings is 2. The number of hydrogen-bond acceptors (Lipinski definition) is 5. The van der Waals surface area contributed by atoms with E-state index in [2.05, 4.69) is 5.32 Å². The van der Waals surface area contributed by atoms with Gasteiger partial charge in [0, 0.05) is 18.1 Å². The summed E-state index contributed by atoms with van der Waals surface area (Å²) in [5.74, 6) is -2.72. The van der Waals surface area contributed by atoms with E-state index in [1.807, 2.05) is 0 Å². The number of fused-ring (bicyclic) bond motifs is 1. The number of carbonyl (C=O) groups is 4. The van der Waals surface area contributed by atoms with Crippen LogP contribution >= 0.6 is 0 Å². The summed E-state index contributed by atoms with van der Waals surface area (Å²) in [6, 6.07) is 12.6. The second-order valence-electron chi connectivity index (χ2n) is 5.54. The van der Waals surface area contributed by atoms with E-state index in [4.69, 9.17) is 0 Å². The predicted octanol–water partition coefficient (Wildman–Crippen LogP) is 0.214. The Labute approximate surface area is 142 Å². The largest absolute Gasteiger partial charge is 0.550 e. The summed E-state index contributed by atoms with van der Waals surface area (Å²) >= 11 is 0. The lowest BCUT2D eigenvalue weighted by molar-refractivity contribution is -0.304. The zero-order valence-electron chi connectivity index (χ0n) is 13.0. The van der Waals surface area contributed by atoms with Crippen molar-refractivity contribution in [1.82, 2.24) is 4.90 Å². The first-order valence-corrected chi connectivity index (χ1v) is 7.49. The van der Waals surface area contributed by atoms with Crippen molar-refractivity contribution in [1.29, 1.82) is 0 Å². The van der Waals surface area contributed by atoms with Crippen molar-refractivity contribution in [3.05, 3.63) is 65.2 Å². The molecule has 1 aliphatic heterocycles. The average Bonchev–Trinajstić information content (AvgIpc) is 2.82. The smallest absolute Gasteiger partial charge is 0.262 e. The third-order valence-electron chi connectivity index (χ3n) is 3.77. The van der Waals surface area contributed by atoms with Crippen molar-refractivity contribution in [2.24, 2.45) is 0 Å². The van der Waals surface area contributed by atoms with Crippen LogP contribution < -0.4 is 10.4 Å². The van der Waals surface area contributed by atoms with E-state index in [0.717, 1.165) is 4.90 Å². The van der Waals surface area contributed by atoms with E-state index < -0.39 is 30.2 Å². The van der Waals surface area contributed by atoms with Gasteiger partial charge in [-0.3, -0.25) is 19.3 Å². The van der Waals surface area contributed by atoms with E-state index in [0.29, 0.717) is 11.3 Å². The number of anilines is 1. The number of nitrogens with one attached hydrogen (secondary N) is 1. The Morgan fingerprint density at radius 2 is 1.48 bits per heavy atom. The van der Waals surface area contributed by atoms with Crippen LogP contribution in [0.3, 0.4) is 0 Å². The number of rotatable bonds is 5. The van der Waals surface area contributed by atoms with Crippen LogP contribution in [0.4, 0.5) is 5.69 Å².